The minimum atomic E-state index is -4.37. The first-order valence-electron chi connectivity index (χ1n) is 6.05. The highest BCUT2D eigenvalue weighted by Crippen LogP contribution is 2.31. The fourth-order valence-electron chi connectivity index (χ4n) is 1.89. The summed E-state index contributed by atoms with van der Waals surface area (Å²) in [4.78, 5) is 0. The minimum Gasteiger partial charge on any atom is -0.415 e. The van der Waals surface area contributed by atoms with Crippen molar-refractivity contribution in [3.05, 3.63) is 39.6 Å². The van der Waals surface area contributed by atoms with E-state index >= 15 is 0 Å². The highest BCUT2D eigenvalue weighted by Gasteiger charge is 2.30. The summed E-state index contributed by atoms with van der Waals surface area (Å²) in [5.74, 6) is 0.417. The van der Waals surface area contributed by atoms with Gasteiger partial charge in [-0.1, -0.05) is 0 Å². The number of alkyl halides is 3. The maximum Gasteiger partial charge on any atom is 0.416 e. The predicted octanol–water partition coefficient (Wildman–Crippen LogP) is 3.76. The predicted molar refractivity (Wildman–Crippen MR) is 79.7 cm³/mol. The van der Waals surface area contributed by atoms with Gasteiger partial charge in [0.25, 0.3) is 5.89 Å². The monoisotopic (exact) mass is 420 g/mol. The van der Waals surface area contributed by atoms with E-state index in [1.165, 1.54) is 12.1 Å². The van der Waals surface area contributed by atoms with Gasteiger partial charge in [0.05, 0.1) is 15.3 Å². The van der Waals surface area contributed by atoms with Crippen molar-refractivity contribution >= 4 is 22.6 Å². The molecule has 114 valence electrons. The second kappa shape index (κ2) is 5.38. The molecule has 0 spiro atoms. The van der Waals surface area contributed by atoms with E-state index in [1.54, 1.807) is 17.9 Å². The van der Waals surface area contributed by atoms with E-state index in [-0.39, 0.29) is 11.8 Å². The van der Waals surface area contributed by atoms with Crippen LogP contribution < -0.4 is 0 Å². The van der Waals surface area contributed by atoms with Crippen molar-refractivity contribution in [2.45, 2.75) is 6.18 Å². The van der Waals surface area contributed by atoms with Gasteiger partial charge in [-0.2, -0.15) is 18.3 Å². The van der Waals surface area contributed by atoms with Crippen LogP contribution in [0.4, 0.5) is 13.2 Å². The first-order valence-corrected chi connectivity index (χ1v) is 7.13. The highest BCUT2D eigenvalue weighted by atomic mass is 127. The topological polar surface area (TPSA) is 56.7 Å². The van der Waals surface area contributed by atoms with Gasteiger partial charge in [-0.15, -0.1) is 10.2 Å². The number of hydrogen-bond donors (Lipinski definition) is 0. The summed E-state index contributed by atoms with van der Waals surface area (Å²) in [5, 5.41) is 11.9. The van der Waals surface area contributed by atoms with E-state index in [9.17, 15) is 13.2 Å². The molecule has 0 aliphatic rings. The lowest BCUT2D eigenvalue weighted by Gasteiger charge is -2.05. The van der Waals surface area contributed by atoms with Crippen molar-refractivity contribution in [3.8, 4) is 23.0 Å². The average Bonchev–Trinajstić information content (AvgIpc) is 3.05. The summed E-state index contributed by atoms with van der Waals surface area (Å²) in [6, 6.07) is 4.56. The second-order valence-electron chi connectivity index (χ2n) is 4.45. The third kappa shape index (κ3) is 2.72. The van der Waals surface area contributed by atoms with Crippen LogP contribution in [0, 0.1) is 3.57 Å². The van der Waals surface area contributed by atoms with Crippen LogP contribution in [-0.4, -0.2) is 20.0 Å². The van der Waals surface area contributed by atoms with Crippen molar-refractivity contribution in [2.75, 3.05) is 0 Å². The Bertz CT molecular complexity index is 788. The highest BCUT2D eigenvalue weighted by molar-refractivity contribution is 14.1. The molecule has 3 aromatic rings. The van der Waals surface area contributed by atoms with Gasteiger partial charge in [-0.25, -0.2) is 0 Å². The Hall–Kier alpha value is -1.91. The Morgan fingerprint density at radius 1 is 1.09 bits per heavy atom. The number of halogens is 4. The Kier molecular flexibility index (Phi) is 3.67. The summed E-state index contributed by atoms with van der Waals surface area (Å²) < 4.78 is 45.6. The van der Waals surface area contributed by atoms with Gasteiger partial charge < -0.3 is 4.42 Å². The van der Waals surface area contributed by atoms with Gasteiger partial charge >= 0.3 is 6.18 Å². The molecular weight excluding hydrogens is 412 g/mol. The van der Waals surface area contributed by atoms with E-state index < -0.39 is 11.7 Å². The van der Waals surface area contributed by atoms with E-state index in [0.717, 1.165) is 15.7 Å². The maximum atomic E-state index is 12.5. The van der Waals surface area contributed by atoms with Crippen LogP contribution in [-0.2, 0) is 13.2 Å². The number of hydrogen-bond acceptors (Lipinski definition) is 4. The lowest BCUT2D eigenvalue weighted by atomic mass is 10.1. The maximum absolute atomic E-state index is 12.5. The van der Waals surface area contributed by atoms with Crippen LogP contribution in [0.25, 0.3) is 23.0 Å². The molecule has 9 heteroatoms. The molecule has 2 aromatic heterocycles. The largest absolute Gasteiger partial charge is 0.416 e. The standard InChI is InChI=1S/C13H8F3IN4O/c1-21-10(9(17)6-18-21)12-20-19-11(22-12)7-2-4-8(5-3-7)13(14,15)16/h2-6H,1H3. The van der Waals surface area contributed by atoms with Gasteiger partial charge in [0.15, 0.2) is 0 Å². The van der Waals surface area contributed by atoms with E-state index in [4.69, 9.17) is 4.42 Å². The Labute approximate surface area is 136 Å². The van der Waals surface area contributed by atoms with E-state index in [0.29, 0.717) is 11.3 Å². The second-order valence-corrected chi connectivity index (χ2v) is 5.61. The van der Waals surface area contributed by atoms with Crippen molar-refractivity contribution in [3.63, 3.8) is 0 Å². The summed E-state index contributed by atoms with van der Waals surface area (Å²) in [5.41, 5.74) is 0.354. The normalized spacial score (nSPS) is 11.9. The Morgan fingerprint density at radius 2 is 1.73 bits per heavy atom. The molecule has 5 nitrogen and oxygen atoms in total. The quantitative estimate of drug-likeness (QED) is 0.593. The zero-order chi connectivity index (χ0) is 15.9. The molecule has 0 saturated carbocycles. The minimum absolute atomic E-state index is 0.153. The molecule has 22 heavy (non-hydrogen) atoms. The number of benzene rings is 1. The van der Waals surface area contributed by atoms with Crippen LogP contribution >= 0.6 is 22.6 Å². The molecule has 0 amide bonds. The molecular formula is C13H8F3IN4O. The lowest BCUT2D eigenvalue weighted by Crippen LogP contribution is -2.03. The SMILES string of the molecule is Cn1ncc(I)c1-c1nnc(-c2ccc(C(F)(F)F)cc2)o1. The average molecular weight is 420 g/mol. The fourth-order valence-corrected chi connectivity index (χ4v) is 2.59. The third-order valence-corrected chi connectivity index (χ3v) is 3.77. The van der Waals surface area contributed by atoms with Gasteiger partial charge in [0.1, 0.15) is 5.69 Å². The number of aromatic nitrogens is 4. The molecule has 1 aromatic carbocycles. The molecule has 3 rings (SSSR count). The van der Waals surface area contributed by atoms with Crippen LogP contribution in [0.1, 0.15) is 5.56 Å². The molecule has 0 aliphatic heterocycles. The smallest absolute Gasteiger partial charge is 0.415 e. The fraction of sp³-hybridized carbons (Fsp3) is 0.154. The Morgan fingerprint density at radius 3 is 2.27 bits per heavy atom. The van der Waals surface area contributed by atoms with Crippen LogP contribution in [0.5, 0.6) is 0 Å². The van der Waals surface area contributed by atoms with Crippen molar-refractivity contribution < 1.29 is 17.6 Å². The van der Waals surface area contributed by atoms with Gasteiger partial charge in [-0.05, 0) is 46.9 Å². The third-order valence-electron chi connectivity index (χ3n) is 2.98. The molecule has 0 saturated heterocycles. The van der Waals surface area contributed by atoms with Crippen LogP contribution in [0.15, 0.2) is 34.9 Å². The molecule has 0 atom stereocenters. The zero-order valence-corrected chi connectivity index (χ0v) is 13.3. The number of aryl methyl sites for hydroxylation is 1. The number of rotatable bonds is 2. The molecule has 0 bridgehead atoms. The summed E-state index contributed by atoms with van der Waals surface area (Å²) >= 11 is 2.09. The Balaban J connectivity index is 1.94. The summed E-state index contributed by atoms with van der Waals surface area (Å²) in [6.45, 7) is 0. The number of nitrogens with zero attached hydrogens (tertiary/aromatic N) is 4. The summed E-state index contributed by atoms with van der Waals surface area (Å²) in [6.07, 6.45) is -2.72. The molecule has 0 N–H and O–H groups in total. The molecule has 0 unspecified atom stereocenters. The molecule has 0 radical (unpaired) electrons. The van der Waals surface area contributed by atoms with E-state index in [2.05, 4.69) is 37.9 Å². The molecule has 2 heterocycles. The van der Waals surface area contributed by atoms with Crippen LogP contribution in [0.2, 0.25) is 0 Å². The van der Waals surface area contributed by atoms with Crippen molar-refractivity contribution in [2.24, 2.45) is 7.05 Å². The molecule has 0 aliphatic carbocycles. The first-order chi connectivity index (χ1) is 10.4. The summed E-state index contributed by atoms with van der Waals surface area (Å²) in [7, 11) is 1.74. The van der Waals surface area contributed by atoms with Gasteiger partial charge in [0, 0.05) is 12.6 Å². The van der Waals surface area contributed by atoms with Gasteiger partial charge in [-0.3, -0.25) is 4.68 Å². The van der Waals surface area contributed by atoms with Gasteiger partial charge in [0.2, 0.25) is 5.89 Å². The molecule has 0 fully saturated rings. The van der Waals surface area contributed by atoms with Crippen molar-refractivity contribution in [1.29, 1.82) is 0 Å². The van der Waals surface area contributed by atoms with Crippen molar-refractivity contribution in [1.82, 2.24) is 20.0 Å². The lowest BCUT2D eigenvalue weighted by molar-refractivity contribution is -0.137. The zero-order valence-electron chi connectivity index (χ0n) is 11.1. The first kappa shape index (κ1) is 15.0. The van der Waals surface area contributed by atoms with Crippen LogP contribution in [0.3, 0.4) is 0 Å². The van der Waals surface area contributed by atoms with E-state index in [1.807, 2.05) is 0 Å².